The first kappa shape index (κ1) is 17.1. The number of hydrogen-bond donors (Lipinski definition) is 1. The Hall–Kier alpha value is -2.71. The summed E-state index contributed by atoms with van der Waals surface area (Å²) in [6, 6.07) is 7.69. The first-order valence-electron chi connectivity index (χ1n) is 7.96. The number of ketones is 2. The maximum absolute atomic E-state index is 12.4. The van der Waals surface area contributed by atoms with Crippen molar-refractivity contribution < 1.29 is 9.59 Å². The number of nitrogens with one attached hydrogen (secondary N) is 1. The van der Waals surface area contributed by atoms with Crippen molar-refractivity contribution in [1.29, 1.82) is 5.26 Å². The third-order valence-corrected chi connectivity index (χ3v) is 5.54. The molecule has 4 nitrogen and oxygen atoms in total. The third-order valence-electron chi connectivity index (χ3n) is 4.56. The van der Waals surface area contributed by atoms with Gasteiger partial charge >= 0.3 is 0 Å². The van der Waals surface area contributed by atoms with Gasteiger partial charge in [-0.25, -0.2) is 0 Å². The molecule has 3 rings (SSSR count). The molecule has 0 radical (unpaired) electrons. The van der Waals surface area contributed by atoms with Crippen molar-refractivity contribution in [3.8, 4) is 6.07 Å². The minimum absolute atomic E-state index is 0.0583. The second-order valence-corrected chi connectivity index (χ2v) is 7.17. The summed E-state index contributed by atoms with van der Waals surface area (Å²) < 4.78 is 1.04. The average molecular weight is 350 g/mol. The van der Waals surface area contributed by atoms with E-state index in [1.54, 1.807) is 17.4 Å². The SMILES string of the molecule is CC(=O)C1=C(C)NC(C)=C(C(C)=O)C1c1csc2ccc(C#N)cc12. The number of allylic oxidation sites excluding steroid dienone is 4. The van der Waals surface area contributed by atoms with E-state index in [-0.39, 0.29) is 11.6 Å². The summed E-state index contributed by atoms with van der Waals surface area (Å²) in [5.74, 6) is -0.520. The number of rotatable bonds is 3. The molecular weight excluding hydrogens is 332 g/mol. The van der Waals surface area contributed by atoms with Gasteiger partial charge in [0, 0.05) is 33.2 Å². The fourth-order valence-electron chi connectivity index (χ4n) is 3.58. The molecule has 2 heterocycles. The number of carbonyl (C=O) groups excluding carboxylic acids is 2. The molecule has 2 aromatic rings. The highest BCUT2D eigenvalue weighted by atomic mass is 32.1. The van der Waals surface area contributed by atoms with Gasteiger partial charge in [0.15, 0.2) is 11.6 Å². The minimum Gasteiger partial charge on any atom is -0.362 e. The molecule has 0 bridgehead atoms. The Morgan fingerprint density at radius 1 is 1.12 bits per heavy atom. The van der Waals surface area contributed by atoms with Gasteiger partial charge in [0.2, 0.25) is 0 Å². The van der Waals surface area contributed by atoms with Crippen LogP contribution >= 0.6 is 11.3 Å². The van der Waals surface area contributed by atoms with Crippen molar-refractivity contribution in [3.63, 3.8) is 0 Å². The molecule has 0 spiro atoms. The number of Topliss-reactive ketones (excluding diaryl/α,β-unsaturated/α-hetero) is 2. The Labute approximate surface area is 150 Å². The van der Waals surface area contributed by atoms with E-state index in [0.29, 0.717) is 16.7 Å². The van der Waals surface area contributed by atoms with E-state index in [1.165, 1.54) is 13.8 Å². The smallest absolute Gasteiger partial charge is 0.158 e. The van der Waals surface area contributed by atoms with Gasteiger partial charge in [-0.2, -0.15) is 5.26 Å². The predicted molar refractivity (Wildman–Crippen MR) is 99.2 cm³/mol. The van der Waals surface area contributed by atoms with E-state index in [2.05, 4.69) is 11.4 Å². The molecule has 0 amide bonds. The Balaban J connectivity index is 2.34. The molecule has 1 N–H and O–H groups in total. The Bertz CT molecular complexity index is 982. The van der Waals surface area contributed by atoms with Gasteiger partial charge in [0.25, 0.3) is 0 Å². The maximum atomic E-state index is 12.4. The number of nitriles is 1. The van der Waals surface area contributed by atoms with Crippen LogP contribution in [0.3, 0.4) is 0 Å². The lowest BCUT2D eigenvalue weighted by atomic mass is 9.77. The molecule has 1 aliphatic heterocycles. The van der Waals surface area contributed by atoms with Crippen LogP contribution in [0, 0.1) is 11.3 Å². The monoisotopic (exact) mass is 350 g/mol. The standard InChI is InChI=1S/C20H18N2O2S/c1-10-18(12(3)23)20(19(13(4)24)11(2)22-10)16-9-25-17-6-5-14(8-21)7-15(16)17/h5-7,9,20,22H,1-4H3. The Morgan fingerprint density at radius 2 is 1.72 bits per heavy atom. The molecule has 1 aliphatic rings. The van der Waals surface area contributed by atoms with Crippen LogP contribution in [0.4, 0.5) is 0 Å². The summed E-state index contributed by atoms with van der Waals surface area (Å²) >= 11 is 1.56. The largest absolute Gasteiger partial charge is 0.362 e. The van der Waals surface area contributed by atoms with Crippen molar-refractivity contribution in [2.45, 2.75) is 33.6 Å². The molecule has 0 aliphatic carbocycles. The highest BCUT2D eigenvalue weighted by molar-refractivity contribution is 7.17. The van der Waals surface area contributed by atoms with Gasteiger partial charge < -0.3 is 5.32 Å². The van der Waals surface area contributed by atoms with Crippen LogP contribution in [0.15, 0.2) is 46.1 Å². The number of carbonyl (C=O) groups is 2. The molecule has 25 heavy (non-hydrogen) atoms. The fraction of sp³-hybridized carbons (Fsp3) is 0.250. The van der Waals surface area contributed by atoms with E-state index < -0.39 is 5.92 Å². The van der Waals surface area contributed by atoms with E-state index in [9.17, 15) is 14.9 Å². The number of benzene rings is 1. The van der Waals surface area contributed by atoms with E-state index in [0.717, 1.165) is 27.0 Å². The maximum Gasteiger partial charge on any atom is 0.158 e. The first-order chi connectivity index (χ1) is 11.8. The van der Waals surface area contributed by atoms with Gasteiger partial charge in [-0.05, 0) is 62.2 Å². The van der Waals surface area contributed by atoms with Crippen LogP contribution in [0.25, 0.3) is 10.1 Å². The molecule has 126 valence electrons. The minimum atomic E-state index is -0.404. The molecule has 0 unspecified atom stereocenters. The van der Waals surface area contributed by atoms with Crippen LogP contribution in [-0.2, 0) is 9.59 Å². The summed E-state index contributed by atoms with van der Waals surface area (Å²) in [6.45, 7) is 6.78. The lowest BCUT2D eigenvalue weighted by molar-refractivity contribution is -0.114. The summed E-state index contributed by atoms with van der Waals surface area (Å²) in [7, 11) is 0. The average Bonchev–Trinajstić information content (AvgIpc) is 2.95. The van der Waals surface area contributed by atoms with Gasteiger partial charge in [-0.3, -0.25) is 9.59 Å². The Kier molecular flexibility index (Phi) is 4.32. The van der Waals surface area contributed by atoms with Crippen molar-refractivity contribution >= 4 is 33.0 Å². The molecular formula is C20H18N2O2S. The van der Waals surface area contributed by atoms with Gasteiger partial charge in [0.05, 0.1) is 11.6 Å². The van der Waals surface area contributed by atoms with Gasteiger partial charge in [0.1, 0.15) is 0 Å². The van der Waals surface area contributed by atoms with Gasteiger partial charge in [-0.15, -0.1) is 11.3 Å². The summed E-state index contributed by atoms with van der Waals surface area (Å²) in [5.41, 5.74) is 4.24. The highest BCUT2D eigenvalue weighted by Crippen LogP contribution is 2.43. The highest BCUT2D eigenvalue weighted by Gasteiger charge is 2.34. The molecule has 0 fully saturated rings. The third kappa shape index (κ3) is 2.79. The van der Waals surface area contributed by atoms with Crippen molar-refractivity contribution in [2.75, 3.05) is 0 Å². The summed E-state index contributed by atoms with van der Waals surface area (Å²) in [4.78, 5) is 24.7. The van der Waals surface area contributed by atoms with E-state index in [4.69, 9.17) is 0 Å². The first-order valence-corrected chi connectivity index (χ1v) is 8.84. The van der Waals surface area contributed by atoms with Crippen LogP contribution in [0.1, 0.15) is 44.7 Å². The Morgan fingerprint density at radius 3 is 2.24 bits per heavy atom. The lowest BCUT2D eigenvalue weighted by Gasteiger charge is -2.30. The molecule has 0 atom stereocenters. The zero-order chi connectivity index (χ0) is 18.3. The molecule has 1 aromatic heterocycles. The predicted octanol–water partition coefficient (Wildman–Crippen LogP) is 4.19. The second kappa shape index (κ2) is 6.30. The quantitative estimate of drug-likeness (QED) is 0.901. The normalized spacial score (nSPS) is 15.3. The van der Waals surface area contributed by atoms with Crippen LogP contribution in [-0.4, -0.2) is 11.6 Å². The van der Waals surface area contributed by atoms with E-state index >= 15 is 0 Å². The van der Waals surface area contributed by atoms with Crippen molar-refractivity contribution in [3.05, 3.63) is 57.2 Å². The molecule has 5 heteroatoms. The second-order valence-electron chi connectivity index (χ2n) is 6.26. The molecule has 1 aromatic carbocycles. The van der Waals surface area contributed by atoms with Crippen LogP contribution in [0.5, 0.6) is 0 Å². The number of fused-ring (bicyclic) bond motifs is 1. The molecule has 0 saturated carbocycles. The number of dihydropyridines is 1. The van der Waals surface area contributed by atoms with Crippen molar-refractivity contribution in [1.82, 2.24) is 5.32 Å². The van der Waals surface area contributed by atoms with Crippen molar-refractivity contribution in [2.24, 2.45) is 0 Å². The lowest BCUT2D eigenvalue weighted by Crippen LogP contribution is -2.29. The van der Waals surface area contributed by atoms with Crippen LogP contribution in [0.2, 0.25) is 0 Å². The fourth-order valence-corrected chi connectivity index (χ4v) is 4.55. The van der Waals surface area contributed by atoms with Crippen LogP contribution < -0.4 is 5.32 Å². The summed E-state index contributed by atoms with van der Waals surface area (Å²) in [5, 5.41) is 15.3. The van der Waals surface area contributed by atoms with Gasteiger partial charge in [-0.1, -0.05) is 0 Å². The number of thiophene rings is 1. The molecule has 0 saturated heterocycles. The van der Waals surface area contributed by atoms with E-state index in [1.807, 2.05) is 31.4 Å². The zero-order valence-corrected chi connectivity index (χ0v) is 15.4. The number of nitrogens with zero attached hydrogens (tertiary/aromatic N) is 1. The topological polar surface area (TPSA) is 70.0 Å². The zero-order valence-electron chi connectivity index (χ0n) is 14.6. The summed E-state index contributed by atoms with van der Waals surface area (Å²) in [6.07, 6.45) is 0. The number of hydrogen-bond acceptors (Lipinski definition) is 5.